The van der Waals surface area contributed by atoms with Gasteiger partial charge in [-0.2, -0.15) is 0 Å². The summed E-state index contributed by atoms with van der Waals surface area (Å²) < 4.78 is 25.8. The fraction of sp³-hybridized carbons (Fsp3) is 0.481. The molecule has 2 heterocycles. The van der Waals surface area contributed by atoms with Crippen LogP contribution in [0.2, 0.25) is 0 Å². The average Bonchev–Trinajstić information content (AvgIpc) is 2.89. The second kappa shape index (κ2) is 11.3. The second-order valence-electron chi connectivity index (χ2n) is 9.44. The zero-order valence-corrected chi connectivity index (χ0v) is 21.4. The Balaban J connectivity index is 1.62. The molecule has 194 valence electrons. The summed E-state index contributed by atoms with van der Waals surface area (Å²) in [6.07, 6.45) is 0.806. The summed E-state index contributed by atoms with van der Waals surface area (Å²) in [4.78, 5) is 33.2. The van der Waals surface area contributed by atoms with E-state index in [1.807, 2.05) is 0 Å². The van der Waals surface area contributed by atoms with Gasteiger partial charge < -0.3 is 29.5 Å². The number of piperazine rings is 1. The summed E-state index contributed by atoms with van der Waals surface area (Å²) in [5.74, 6) is -1.03. The third-order valence-electron chi connectivity index (χ3n) is 7.23. The Labute approximate surface area is 211 Å². The molecule has 2 aliphatic rings. The standard InChI is InChI=1S/C27H35FN4O4/c1-30-12-14-32(15-13-30)11-7-10-29-26(33)24-19-16-22(35-3)23(36-4)17-20(19)27(34)31(2)25(24)18-8-5-6-9-21(18)28/h5-6,8-9,16-17,24-25H,7,10-15H2,1-4H3,(H,29,33)/t24-,25+/m0/s1. The molecule has 4 rings (SSSR count). The Bertz CT molecular complexity index is 1100. The minimum absolute atomic E-state index is 0.255. The van der Waals surface area contributed by atoms with Crippen LogP contribution in [-0.2, 0) is 4.79 Å². The number of nitrogens with zero attached hydrogens (tertiary/aromatic N) is 3. The molecule has 0 aromatic heterocycles. The van der Waals surface area contributed by atoms with Gasteiger partial charge in [0, 0.05) is 50.9 Å². The fourth-order valence-corrected chi connectivity index (χ4v) is 5.13. The molecule has 0 saturated carbocycles. The van der Waals surface area contributed by atoms with E-state index in [0.29, 0.717) is 34.7 Å². The van der Waals surface area contributed by atoms with Crippen LogP contribution < -0.4 is 14.8 Å². The lowest BCUT2D eigenvalue weighted by Crippen LogP contribution is -2.47. The maximum Gasteiger partial charge on any atom is 0.254 e. The summed E-state index contributed by atoms with van der Waals surface area (Å²) in [6.45, 7) is 5.51. The van der Waals surface area contributed by atoms with Crippen LogP contribution in [0.1, 0.15) is 39.9 Å². The van der Waals surface area contributed by atoms with Crippen LogP contribution in [0.4, 0.5) is 4.39 Å². The van der Waals surface area contributed by atoms with Gasteiger partial charge in [-0.25, -0.2) is 4.39 Å². The molecule has 0 spiro atoms. The maximum absolute atomic E-state index is 15.0. The van der Waals surface area contributed by atoms with E-state index in [2.05, 4.69) is 22.2 Å². The number of rotatable bonds is 8. The highest BCUT2D eigenvalue weighted by atomic mass is 19.1. The first-order valence-electron chi connectivity index (χ1n) is 12.3. The monoisotopic (exact) mass is 498 g/mol. The first kappa shape index (κ1) is 25.9. The number of amides is 2. The molecule has 2 amide bonds. The summed E-state index contributed by atoms with van der Waals surface area (Å²) in [7, 11) is 6.72. The molecule has 9 heteroatoms. The summed E-state index contributed by atoms with van der Waals surface area (Å²) in [5.41, 5.74) is 1.15. The van der Waals surface area contributed by atoms with Gasteiger partial charge in [0.1, 0.15) is 5.82 Å². The number of likely N-dealkylation sites (N-methyl/N-ethyl adjacent to an activating group) is 2. The largest absolute Gasteiger partial charge is 0.493 e. The topological polar surface area (TPSA) is 74.4 Å². The number of benzene rings is 2. The van der Waals surface area contributed by atoms with E-state index >= 15 is 0 Å². The van der Waals surface area contributed by atoms with Gasteiger partial charge in [0.25, 0.3) is 5.91 Å². The van der Waals surface area contributed by atoms with Crippen molar-refractivity contribution in [3.63, 3.8) is 0 Å². The van der Waals surface area contributed by atoms with Gasteiger partial charge in [-0.3, -0.25) is 9.59 Å². The van der Waals surface area contributed by atoms with Crippen molar-refractivity contribution in [2.45, 2.75) is 18.4 Å². The van der Waals surface area contributed by atoms with E-state index in [1.54, 1.807) is 37.4 Å². The first-order chi connectivity index (χ1) is 17.3. The first-order valence-corrected chi connectivity index (χ1v) is 12.3. The van der Waals surface area contributed by atoms with E-state index in [0.717, 1.165) is 39.1 Å². The van der Waals surface area contributed by atoms with Crippen LogP contribution in [0.15, 0.2) is 36.4 Å². The molecule has 36 heavy (non-hydrogen) atoms. The van der Waals surface area contributed by atoms with Crippen molar-refractivity contribution in [1.29, 1.82) is 0 Å². The molecular weight excluding hydrogens is 463 g/mol. The number of methoxy groups -OCH3 is 2. The third-order valence-corrected chi connectivity index (χ3v) is 7.23. The lowest BCUT2D eigenvalue weighted by molar-refractivity contribution is -0.124. The Morgan fingerprint density at radius 2 is 1.69 bits per heavy atom. The van der Waals surface area contributed by atoms with Gasteiger partial charge in [0.05, 0.1) is 26.2 Å². The van der Waals surface area contributed by atoms with E-state index in [9.17, 15) is 14.0 Å². The molecule has 1 saturated heterocycles. The highest BCUT2D eigenvalue weighted by Gasteiger charge is 2.44. The van der Waals surface area contributed by atoms with Crippen molar-refractivity contribution >= 4 is 11.8 Å². The summed E-state index contributed by atoms with van der Waals surface area (Å²) in [6, 6.07) is 8.75. The summed E-state index contributed by atoms with van der Waals surface area (Å²) in [5, 5.41) is 3.05. The van der Waals surface area contributed by atoms with Crippen LogP contribution in [-0.4, -0.2) is 94.1 Å². The van der Waals surface area contributed by atoms with E-state index in [-0.39, 0.29) is 11.8 Å². The number of nitrogens with one attached hydrogen (secondary N) is 1. The van der Waals surface area contributed by atoms with E-state index < -0.39 is 17.8 Å². The zero-order valence-electron chi connectivity index (χ0n) is 21.4. The predicted molar refractivity (Wildman–Crippen MR) is 135 cm³/mol. The van der Waals surface area contributed by atoms with Crippen molar-refractivity contribution in [2.24, 2.45) is 0 Å². The van der Waals surface area contributed by atoms with Crippen LogP contribution in [0.5, 0.6) is 11.5 Å². The lowest BCUT2D eigenvalue weighted by Gasteiger charge is -2.40. The van der Waals surface area contributed by atoms with Crippen molar-refractivity contribution in [3.8, 4) is 11.5 Å². The molecule has 0 unspecified atom stereocenters. The Morgan fingerprint density at radius 1 is 1.03 bits per heavy atom. The molecular formula is C27H35FN4O4. The van der Waals surface area contributed by atoms with Crippen molar-refractivity contribution < 1.29 is 23.5 Å². The Morgan fingerprint density at radius 3 is 2.36 bits per heavy atom. The zero-order chi connectivity index (χ0) is 25.8. The predicted octanol–water partition coefficient (Wildman–Crippen LogP) is 2.51. The molecule has 2 atom stereocenters. The highest BCUT2D eigenvalue weighted by molar-refractivity contribution is 6.02. The number of halogens is 1. The SMILES string of the molecule is COc1cc2c(cc1OC)[C@H](C(=O)NCCCN1CCN(C)CC1)[C@@H](c1ccccc1F)N(C)C2=O. The van der Waals surface area contributed by atoms with Gasteiger partial charge in [0.15, 0.2) is 11.5 Å². The minimum Gasteiger partial charge on any atom is -0.493 e. The maximum atomic E-state index is 15.0. The molecule has 2 aromatic rings. The Hall–Kier alpha value is -3.17. The molecule has 2 aromatic carbocycles. The number of carbonyl (C=O) groups is 2. The molecule has 8 nitrogen and oxygen atoms in total. The van der Waals surface area contributed by atoms with Gasteiger partial charge in [0.2, 0.25) is 5.91 Å². The van der Waals surface area contributed by atoms with Gasteiger partial charge in [-0.15, -0.1) is 0 Å². The minimum atomic E-state index is -0.817. The molecule has 2 aliphatic heterocycles. The molecule has 0 radical (unpaired) electrons. The quantitative estimate of drug-likeness (QED) is 0.564. The normalized spacial score (nSPS) is 20.7. The van der Waals surface area contributed by atoms with Crippen molar-refractivity contribution in [1.82, 2.24) is 20.0 Å². The fourth-order valence-electron chi connectivity index (χ4n) is 5.13. The number of hydrogen-bond acceptors (Lipinski definition) is 6. The number of fused-ring (bicyclic) bond motifs is 1. The second-order valence-corrected chi connectivity index (χ2v) is 9.44. The van der Waals surface area contributed by atoms with Crippen LogP contribution in [0, 0.1) is 5.82 Å². The van der Waals surface area contributed by atoms with Crippen LogP contribution >= 0.6 is 0 Å². The molecule has 1 fully saturated rings. The molecule has 0 bridgehead atoms. The molecule has 1 N–H and O–H groups in total. The van der Waals surface area contributed by atoms with E-state index in [4.69, 9.17) is 9.47 Å². The van der Waals surface area contributed by atoms with Gasteiger partial charge in [-0.05, 0) is 43.8 Å². The number of carbonyl (C=O) groups excluding carboxylic acids is 2. The third kappa shape index (κ3) is 5.17. The van der Waals surface area contributed by atoms with Crippen LogP contribution in [0.25, 0.3) is 0 Å². The highest BCUT2D eigenvalue weighted by Crippen LogP contribution is 2.46. The summed E-state index contributed by atoms with van der Waals surface area (Å²) >= 11 is 0. The Kier molecular flexibility index (Phi) is 8.11. The number of hydrogen-bond donors (Lipinski definition) is 1. The lowest BCUT2D eigenvalue weighted by atomic mass is 9.79. The number of ether oxygens (including phenoxy) is 2. The van der Waals surface area contributed by atoms with Gasteiger partial charge >= 0.3 is 0 Å². The average molecular weight is 499 g/mol. The van der Waals surface area contributed by atoms with Crippen molar-refractivity contribution in [2.75, 3.05) is 67.6 Å². The van der Waals surface area contributed by atoms with Crippen LogP contribution in [0.3, 0.4) is 0 Å². The molecule has 0 aliphatic carbocycles. The van der Waals surface area contributed by atoms with Crippen molar-refractivity contribution in [3.05, 3.63) is 58.9 Å². The van der Waals surface area contributed by atoms with E-state index in [1.165, 1.54) is 25.2 Å². The van der Waals surface area contributed by atoms with Gasteiger partial charge in [-0.1, -0.05) is 18.2 Å². The smallest absolute Gasteiger partial charge is 0.254 e.